The molecule has 0 unspecified atom stereocenters. The zero-order valence-corrected chi connectivity index (χ0v) is 15.1. The molecule has 1 amide bonds. The van der Waals surface area contributed by atoms with E-state index in [1.54, 1.807) is 23.6 Å². The monoisotopic (exact) mass is 394 g/mol. The van der Waals surface area contributed by atoms with E-state index in [4.69, 9.17) is 16.3 Å². The lowest BCUT2D eigenvalue weighted by atomic mass is 10.1. The van der Waals surface area contributed by atoms with Crippen LogP contribution in [-0.4, -0.2) is 17.5 Å². The van der Waals surface area contributed by atoms with Gasteiger partial charge in [-0.15, -0.1) is 11.3 Å². The molecular formula is C18H13ClF2N2O2S. The van der Waals surface area contributed by atoms with Gasteiger partial charge in [0, 0.05) is 22.0 Å². The number of nitrogens with one attached hydrogen (secondary N) is 1. The van der Waals surface area contributed by atoms with E-state index in [1.165, 1.54) is 6.07 Å². The first-order valence-corrected chi connectivity index (χ1v) is 8.78. The summed E-state index contributed by atoms with van der Waals surface area (Å²) in [7, 11) is 0. The lowest BCUT2D eigenvalue weighted by Gasteiger charge is -2.08. The smallest absolute Gasteiger partial charge is 0.264 e. The number of benzene rings is 2. The maximum atomic E-state index is 13.8. The second kappa shape index (κ2) is 7.80. The van der Waals surface area contributed by atoms with Crippen LogP contribution in [0.15, 0.2) is 41.8 Å². The minimum Gasteiger partial charge on any atom is -0.483 e. The van der Waals surface area contributed by atoms with Crippen LogP contribution in [0.4, 0.5) is 13.9 Å². The third-order valence-corrected chi connectivity index (χ3v) is 4.45. The number of carbonyl (C=O) groups excluding carboxylic acids is 1. The minimum absolute atomic E-state index is 0.163. The standard InChI is InChI=1S/C18H13ClF2N2O2S/c1-10-6-11(19)2-5-16(10)25-8-17(24)23-18-22-15(9-26-18)13-4-3-12(20)7-14(13)21/h2-7,9H,8H2,1H3,(H,22,23,24). The Bertz CT molecular complexity index is 962. The molecule has 0 aliphatic heterocycles. The topological polar surface area (TPSA) is 51.2 Å². The summed E-state index contributed by atoms with van der Waals surface area (Å²) in [5.41, 5.74) is 1.29. The largest absolute Gasteiger partial charge is 0.483 e. The Balaban J connectivity index is 1.62. The molecule has 0 radical (unpaired) electrons. The van der Waals surface area contributed by atoms with Gasteiger partial charge in [0.25, 0.3) is 5.91 Å². The number of thiazole rings is 1. The highest BCUT2D eigenvalue weighted by Gasteiger charge is 2.12. The van der Waals surface area contributed by atoms with Gasteiger partial charge in [-0.3, -0.25) is 10.1 Å². The average Bonchev–Trinajstić information content (AvgIpc) is 3.02. The lowest BCUT2D eigenvalue weighted by molar-refractivity contribution is -0.118. The fourth-order valence-electron chi connectivity index (χ4n) is 2.23. The first kappa shape index (κ1) is 18.3. The minimum atomic E-state index is -0.713. The molecular weight excluding hydrogens is 382 g/mol. The lowest BCUT2D eigenvalue weighted by Crippen LogP contribution is -2.20. The van der Waals surface area contributed by atoms with Gasteiger partial charge in [-0.2, -0.15) is 0 Å². The van der Waals surface area contributed by atoms with Gasteiger partial charge >= 0.3 is 0 Å². The zero-order valence-electron chi connectivity index (χ0n) is 13.6. The first-order chi connectivity index (χ1) is 12.4. The van der Waals surface area contributed by atoms with Crippen LogP contribution >= 0.6 is 22.9 Å². The number of halogens is 3. The molecule has 1 heterocycles. The summed E-state index contributed by atoms with van der Waals surface area (Å²) >= 11 is 7.01. The molecule has 0 saturated carbocycles. The van der Waals surface area contributed by atoms with Crippen LogP contribution in [0, 0.1) is 18.6 Å². The van der Waals surface area contributed by atoms with Crippen LogP contribution in [0.3, 0.4) is 0 Å². The van der Waals surface area contributed by atoms with Crippen molar-refractivity contribution in [3.63, 3.8) is 0 Å². The number of amides is 1. The fourth-order valence-corrected chi connectivity index (χ4v) is 3.18. The number of ether oxygens (including phenoxy) is 1. The predicted molar refractivity (Wildman–Crippen MR) is 97.8 cm³/mol. The molecule has 4 nitrogen and oxygen atoms in total. The Morgan fingerprint density at radius 3 is 2.81 bits per heavy atom. The number of nitrogens with zero attached hydrogens (tertiary/aromatic N) is 1. The van der Waals surface area contributed by atoms with Gasteiger partial charge in [0.05, 0.1) is 5.69 Å². The van der Waals surface area contributed by atoms with E-state index in [0.29, 0.717) is 21.6 Å². The highest BCUT2D eigenvalue weighted by atomic mass is 35.5. The summed E-state index contributed by atoms with van der Waals surface area (Å²) in [6.45, 7) is 1.62. The molecule has 1 N–H and O–H groups in total. The molecule has 134 valence electrons. The highest BCUT2D eigenvalue weighted by molar-refractivity contribution is 7.14. The Morgan fingerprint density at radius 1 is 1.27 bits per heavy atom. The van der Waals surface area contributed by atoms with E-state index < -0.39 is 17.5 Å². The van der Waals surface area contributed by atoms with E-state index in [-0.39, 0.29) is 12.2 Å². The Hall–Kier alpha value is -2.51. The summed E-state index contributed by atoms with van der Waals surface area (Å²) in [5, 5.41) is 5.05. The fraction of sp³-hybridized carbons (Fsp3) is 0.111. The first-order valence-electron chi connectivity index (χ1n) is 7.52. The molecule has 1 aromatic heterocycles. The van der Waals surface area contributed by atoms with Crippen molar-refractivity contribution in [1.82, 2.24) is 4.98 Å². The number of anilines is 1. The third-order valence-electron chi connectivity index (χ3n) is 3.45. The van der Waals surface area contributed by atoms with Gasteiger partial charge in [0.1, 0.15) is 17.4 Å². The summed E-state index contributed by atoms with van der Waals surface area (Å²) in [4.78, 5) is 16.1. The maximum absolute atomic E-state index is 13.8. The molecule has 0 spiro atoms. The Labute approximate surface area is 157 Å². The molecule has 0 saturated heterocycles. The summed E-state index contributed by atoms with van der Waals surface area (Å²) in [6.07, 6.45) is 0. The summed E-state index contributed by atoms with van der Waals surface area (Å²) in [6, 6.07) is 8.33. The van der Waals surface area contributed by atoms with Crippen molar-refractivity contribution < 1.29 is 18.3 Å². The number of hydrogen-bond acceptors (Lipinski definition) is 4. The van der Waals surface area contributed by atoms with Crippen molar-refractivity contribution >= 4 is 34.0 Å². The zero-order chi connectivity index (χ0) is 18.7. The molecule has 2 aromatic carbocycles. The normalized spacial score (nSPS) is 10.6. The van der Waals surface area contributed by atoms with Crippen molar-refractivity contribution in [3.8, 4) is 17.0 Å². The van der Waals surface area contributed by atoms with Gasteiger partial charge < -0.3 is 4.74 Å². The van der Waals surface area contributed by atoms with E-state index >= 15 is 0 Å². The van der Waals surface area contributed by atoms with E-state index in [2.05, 4.69) is 10.3 Å². The second-order valence-electron chi connectivity index (χ2n) is 5.41. The molecule has 0 atom stereocenters. The van der Waals surface area contributed by atoms with Crippen LogP contribution in [0.2, 0.25) is 5.02 Å². The molecule has 8 heteroatoms. The molecule has 0 aliphatic carbocycles. The Kier molecular flexibility index (Phi) is 5.49. The third kappa shape index (κ3) is 4.36. The highest BCUT2D eigenvalue weighted by Crippen LogP contribution is 2.27. The molecule has 0 aliphatic rings. The van der Waals surface area contributed by atoms with Crippen molar-refractivity contribution in [1.29, 1.82) is 0 Å². The van der Waals surface area contributed by atoms with Crippen LogP contribution in [-0.2, 0) is 4.79 Å². The number of aromatic nitrogens is 1. The SMILES string of the molecule is Cc1cc(Cl)ccc1OCC(=O)Nc1nc(-c2ccc(F)cc2F)cs1. The van der Waals surface area contributed by atoms with Crippen LogP contribution in [0.1, 0.15) is 5.56 Å². The van der Waals surface area contributed by atoms with Crippen LogP contribution in [0.5, 0.6) is 5.75 Å². The molecule has 3 aromatic rings. The van der Waals surface area contributed by atoms with E-state index in [9.17, 15) is 13.6 Å². The van der Waals surface area contributed by atoms with Gasteiger partial charge in [-0.05, 0) is 42.8 Å². The van der Waals surface area contributed by atoms with Gasteiger partial charge in [-0.1, -0.05) is 11.6 Å². The van der Waals surface area contributed by atoms with Crippen molar-refractivity contribution in [3.05, 3.63) is 64.0 Å². The van der Waals surface area contributed by atoms with Crippen LogP contribution in [0.25, 0.3) is 11.3 Å². The number of carbonyl (C=O) groups is 1. The van der Waals surface area contributed by atoms with Crippen molar-refractivity contribution in [2.45, 2.75) is 6.92 Å². The summed E-state index contributed by atoms with van der Waals surface area (Å²) in [5.74, 6) is -1.23. The van der Waals surface area contributed by atoms with Crippen LogP contribution < -0.4 is 10.1 Å². The average molecular weight is 395 g/mol. The molecule has 0 fully saturated rings. The van der Waals surface area contributed by atoms with Crippen molar-refractivity contribution in [2.75, 3.05) is 11.9 Å². The molecule has 3 rings (SSSR count). The Morgan fingerprint density at radius 2 is 2.08 bits per heavy atom. The van der Waals surface area contributed by atoms with Gasteiger partial charge in [0.15, 0.2) is 11.7 Å². The molecule has 0 bridgehead atoms. The number of hydrogen-bond donors (Lipinski definition) is 1. The number of rotatable bonds is 5. The van der Waals surface area contributed by atoms with Gasteiger partial charge in [0.2, 0.25) is 0 Å². The predicted octanol–water partition coefficient (Wildman–Crippen LogP) is 5.07. The second-order valence-corrected chi connectivity index (χ2v) is 6.70. The van der Waals surface area contributed by atoms with E-state index in [1.807, 2.05) is 6.92 Å². The maximum Gasteiger partial charge on any atom is 0.264 e. The summed E-state index contributed by atoms with van der Waals surface area (Å²) < 4.78 is 32.2. The van der Waals surface area contributed by atoms with Gasteiger partial charge in [-0.25, -0.2) is 13.8 Å². The van der Waals surface area contributed by atoms with E-state index in [0.717, 1.165) is 29.0 Å². The number of aryl methyl sites for hydroxylation is 1. The quantitative estimate of drug-likeness (QED) is 0.657. The van der Waals surface area contributed by atoms with Crippen molar-refractivity contribution in [2.24, 2.45) is 0 Å². The molecule has 26 heavy (non-hydrogen) atoms.